The minimum Gasteiger partial charge on any atom is -0.192 e. The second kappa shape index (κ2) is 3.36. The Bertz CT molecular complexity index is 323. The number of rotatable bonds is 1. The fourth-order valence-corrected chi connectivity index (χ4v) is 1.18. The van der Waals surface area contributed by atoms with E-state index in [1.54, 1.807) is 12.1 Å². The molecule has 0 unspecified atom stereocenters. The monoisotopic (exact) mass is 206 g/mol. The summed E-state index contributed by atoms with van der Waals surface area (Å²) >= 11 is 3.26. The van der Waals surface area contributed by atoms with Gasteiger partial charge in [0.25, 0.3) is 0 Å². The molecule has 0 bridgehead atoms. The first-order valence-corrected chi connectivity index (χ1v) is 3.80. The van der Waals surface area contributed by atoms with Gasteiger partial charge in [-0.2, -0.15) is 5.26 Å². The van der Waals surface area contributed by atoms with Crippen molar-refractivity contribution in [1.82, 2.24) is 0 Å². The average Bonchev–Trinajstić information content (AvgIpc) is 2.04. The van der Waals surface area contributed by atoms with Gasteiger partial charge in [0.2, 0.25) is 0 Å². The molecule has 0 N–H and O–H groups in total. The largest absolute Gasteiger partial charge is 0.192 e. The van der Waals surface area contributed by atoms with Crippen molar-refractivity contribution in [3.05, 3.63) is 46.5 Å². The zero-order valence-corrected chi connectivity index (χ0v) is 7.35. The Hall–Kier alpha value is -1.07. The lowest BCUT2D eigenvalue weighted by atomic mass is 10.1. The van der Waals surface area contributed by atoms with Crippen molar-refractivity contribution in [3.63, 3.8) is 0 Å². The predicted octanol–water partition coefficient (Wildman–Crippen LogP) is 2.66. The van der Waals surface area contributed by atoms with Crippen molar-refractivity contribution in [1.29, 1.82) is 5.26 Å². The molecule has 0 aliphatic carbocycles. The molecule has 0 aromatic heterocycles. The topological polar surface area (TPSA) is 23.8 Å². The first-order valence-electron chi connectivity index (χ1n) is 3.00. The van der Waals surface area contributed by atoms with E-state index in [1.165, 1.54) is 0 Å². The molecule has 53 valence electrons. The number of hydrogen-bond acceptors (Lipinski definition) is 1. The van der Waals surface area contributed by atoms with Crippen molar-refractivity contribution in [3.8, 4) is 6.07 Å². The van der Waals surface area contributed by atoms with Crippen LogP contribution in [0.4, 0.5) is 0 Å². The zero-order chi connectivity index (χ0) is 8.27. The van der Waals surface area contributed by atoms with E-state index in [2.05, 4.69) is 34.7 Å². The minimum absolute atomic E-state index is 0.629. The first kappa shape index (κ1) is 8.03. The van der Waals surface area contributed by atoms with Crippen molar-refractivity contribution < 1.29 is 0 Å². The average molecular weight is 207 g/mol. The summed E-state index contributed by atoms with van der Waals surface area (Å²) < 4.78 is 0.786. The van der Waals surface area contributed by atoms with Crippen LogP contribution in [0.15, 0.2) is 29.3 Å². The molecular formula is C9H5BrN. The van der Waals surface area contributed by atoms with Crippen LogP contribution in [0.1, 0.15) is 11.1 Å². The highest BCUT2D eigenvalue weighted by molar-refractivity contribution is 9.10. The van der Waals surface area contributed by atoms with Gasteiger partial charge in [-0.1, -0.05) is 12.6 Å². The summed E-state index contributed by atoms with van der Waals surface area (Å²) in [6, 6.07) is 7.40. The number of nitriles is 1. The van der Waals surface area contributed by atoms with Crippen LogP contribution in [0, 0.1) is 17.4 Å². The van der Waals surface area contributed by atoms with Gasteiger partial charge in [0.1, 0.15) is 6.07 Å². The Balaban J connectivity index is 3.22. The fourth-order valence-electron chi connectivity index (χ4n) is 0.716. The standard InChI is InChI=1S/C9H5BrN/c1-2-7-3-4-8(6-11)9(10)5-7/h3-5H,1H2. The quantitative estimate of drug-likeness (QED) is 0.694. The van der Waals surface area contributed by atoms with Gasteiger partial charge in [-0.05, 0) is 39.7 Å². The second-order valence-electron chi connectivity index (χ2n) is 1.98. The maximum Gasteiger partial charge on any atom is 0.100 e. The molecule has 1 rings (SSSR count). The van der Waals surface area contributed by atoms with Gasteiger partial charge >= 0.3 is 0 Å². The molecule has 1 aromatic carbocycles. The van der Waals surface area contributed by atoms with Crippen LogP contribution in [0.5, 0.6) is 0 Å². The number of nitrogens with zero attached hydrogens (tertiary/aromatic N) is 1. The van der Waals surface area contributed by atoms with E-state index in [-0.39, 0.29) is 0 Å². The second-order valence-corrected chi connectivity index (χ2v) is 2.84. The van der Waals surface area contributed by atoms with Crippen LogP contribution < -0.4 is 0 Å². The van der Waals surface area contributed by atoms with E-state index in [1.807, 2.05) is 6.07 Å². The van der Waals surface area contributed by atoms with E-state index in [9.17, 15) is 0 Å². The Morgan fingerprint density at radius 1 is 1.45 bits per heavy atom. The normalized spacial score (nSPS) is 8.73. The lowest BCUT2D eigenvalue weighted by molar-refractivity contribution is 1.44. The smallest absolute Gasteiger partial charge is 0.100 e. The number of halogens is 1. The fraction of sp³-hybridized carbons (Fsp3) is 0. The van der Waals surface area contributed by atoms with Gasteiger partial charge in [-0.3, -0.25) is 0 Å². The van der Waals surface area contributed by atoms with Crippen LogP contribution in [-0.4, -0.2) is 0 Å². The van der Waals surface area contributed by atoms with E-state index in [0.29, 0.717) is 5.56 Å². The molecule has 1 radical (unpaired) electrons. The van der Waals surface area contributed by atoms with Gasteiger partial charge in [0.15, 0.2) is 0 Å². The molecule has 0 heterocycles. The van der Waals surface area contributed by atoms with E-state index >= 15 is 0 Å². The van der Waals surface area contributed by atoms with E-state index < -0.39 is 0 Å². The van der Waals surface area contributed by atoms with Crippen molar-refractivity contribution in [2.45, 2.75) is 0 Å². The van der Waals surface area contributed by atoms with Crippen molar-refractivity contribution in [2.75, 3.05) is 0 Å². The summed E-state index contributed by atoms with van der Waals surface area (Å²) in [4.78, 5) is 0. The van der Waals surface area contributed by atoms with Crippen LogP contribution in [0.25, 0.3) is 0 Å². The molecule has 0 aliphatic rings. The summed E-state index contributed by atoms with van der Waals surface area (Å²) in [6.07, 6.45) is 2.73. The zero-order valence-electron chi connectivity index (χ0n) is 5.76. The third kappa shape index (κ3) is 1.69. The van der Waals surface area contributed by atoms with Crippen LogP contribution >= 0.6 is 15.9 Å². The van der Waals surface area contributed by atoms with Crippen LogP contribution in [-0.2, 0) is 0 Å². The SMILES string of the molecule is C=[C]c1ccc(C#N)c(Br)c1. The molecule has 0 atom stereocenters. The number of hydrogen-bond donors (Lipinski definition) is 0. The predicted molar refractivity (Wildman–Crippen MR) is 46.8 cm³/mol. The molecule has 0 saturated heterocycles. The molecule has 0 saturated carbocycles. The molecule has 0 amide bonds. The highest BCUT2D eigenvalue weighted by atomic mass is 79.9. The van der Waals surface area contributed by atoms with Gasteiger partial charge in [-0.15, -0.1) is 0 Å². The maximum absolute atomic E-state index is 8.57. The third-order valence-electron chi connectivity index (χ3n) is 1.29. The van der Waals surface area contributed by atoms with Gasteiger partial charge in [0, 0.05) is 4.47 Å². The van der Waals surface area contributed by atoms with Gasteiger partial charge < -0.3 is 0 Å². The summed E-state index contributed by atoms with van der Waals surface area (Å²) in [5.74, 6) is 0. The highest BCUT2D eigenvalue weighted by Crippen LogP contribution is 2.17. The maximum atomic E-state index is 8.57. The van der Waals surface area contributed by atoms with E-state index in [0.717, 1.165) is 10.0 Å². The molecule has 0 fully saturated rings. The lowest BCUT2D eigenvalue weighted by Gasteiger charge is -1.95. The third-order valence-corrected chi connectivity index (χ3v) is 1.95. The Labute approximate surface area is 74.1 Å². The molecule has 1 aromatic rings. The van der Waals surface area contributed by atoms with Crippen molar-refractivity contribution in [2.24, 2.45) is 0 Å². The molecule has 1 nitrogen and oxygen atoms in total. The summed E-state index contributed by atoms with van der Waals surface area (Å²) in [6.45, 7) is 3.50. The van der Waals surface area contributed by atoms with Gasteiger partial charge in [-0.25, -0.2) is 0 Å². The van der Waals surface area contributed by atoms with Crippen LogP contribution in [0.3, 0.4) is 0 Å². The Morgan fingerprint density at radius 3 is 2.64 bits per heavy atom. The molecule has 11 heavy (non-hydrogen) atoms. The Kier molecular flexibility index (Phi) is 2.45. The Morgan fingerprint density at radius 2 is 2.18 bits per heavy atom. The van der Waals surface area contributed by atoms with Crippen molar-refractivity contribution >= 4 is 15.9 Å². The molecular weight excluding hydrogens is 202 g/mol. The van der Waals surface area contributed by atoms with Gasteiger partial charge in [0.05, 0.1) is 5.56 Å². The van der Waals surface area contributed by atoms with E-state index in [4.69, 9.17) is 5.26 Å². The molecule has 0 aliphatic heterocycles. The van der Waals surface area contributed by atoms with Crippen LogP contribution in [0.2, 0.25) is 0 Å². The molecule has 0 spiro atoms. The highest BCUT2D eigenvalue weighted by Gasteiger charge is 1.97. The summed E-state index contributed by atoms with van der Waals surface area (Å²) in [5.41, 5.74) is 1.51. The summed E-state index contributed by atoms with van der Waals surface area (Å²) in [5, 5.41) is 8.57. The summed E-state index contributed by atoms with van der Waals surface area (Å²) in [7, 11) is 0. The minimum atomic E-state index is 0.629. The first-order chi connectivity index (χ1) is 5.27. The molecule has 2 heteroatoms. The lowest BCUT2D eigenvalue weighted by Crippen LogP contribution is -1.78. The number of benzene rings is 1.